The highest BCUT2D eigenvalue weighted by Crippen LogP contribution is 2.38. The fourth-order valence-electron chi connectivity index (χ4n) is 1.37. The van der Waals surface area contributed by atoms with Gasteiger partial charge in [0, 0.05) is 10.8 Å². The van der Waals surface area contributed by atoms with Gasteiger partial charge in [-0.05, 0) is 29.5 Å². The molecule has 19 heavy (non-hydrogen) atoms. The monoisotopic (exact) mass is 309 g/mol. The Kier molecular flexibility index (Phi) is 5.09. The minimum Gasteiger partial charge on any atom is -0.465 e. The number of carbonyl (C=O) groups excluding carboxylic acids is 1. The van der Waals surface area contributed by atoms with Crippen LogP contribution in [-0.2, 0) is 10.6 Å². The van der Waals surface area contributed by atoms with Crippen LogP contribution >= 0.6 is 23.4 Å². The number of esters is 1. The van der Waals surface area contributed by atoms with Crippen molar-refractivity contribution in [1.82, 2.24) is 0 Å². The van der Waals surface area contributed by atoms with E-state index in [1.54, 1.807) is 6.07 Å². The maximum absolute atomic E-state index is 12.3. The first-order valence-electron chi connectivity index (χ1n) is 4.79. The van der Waals surface area contributed by atoms with Gasteiger partial charge in [-0.1, -0.05) is 0 Å². The second kappa shape index (κ2) is 6.17. The highest BCUT2D eigenvalue weighted by molar-refractivity contribution is 8.00. The summed E-state index contributed by atoms with van der Waals surface area (Å²) < 4.78 is 41.4. The number of methoxy groups -OCH3 is 1. The van der Waals surface area contributed by atoms with E-state index in [2.05, 4.69) is 4.74 Å². The lowest BCUT2D eigenvalue weighted by molar-refractivity contribution is -0.0328. The fraction of sp³-hybridized carbons (Fsp3) is 0.273. The zero-order valence-corrected chi connectivity index (χ0v) is 11.1. The summed E-state index contributed by atoms with van der Waals surface area (Å²) in [5, 5.41) is 8.95. The molecule has 0 aromatic heterocycles. The maximum Gasteiger partial charge on any atom is 0.446 e. The highest BCUT2D eigenvalue weighted by atomic mass is 35.5. The summed E-state index contributed by atoms with van der Waals surface area (Å²) in [6.07, 6.45) is 0. The van der Waals surface area contributed by atoms with E-state index in [0.717, 1.165) is 19.2 Å². The van der Waals surface area contributed by atoms with Crippen LogP contribution in [0.5, 0.6) is 0 Å². The van der Waals surface area contributed by atoms with Gasteiger partial charge in [0.2, 0.25) is 0 Å². The summed E-state index contributed by atoms with van der Waals surface area (Å²) in [6.45, 7) is 0. The summed E-state index contributed by atoms with van der Waals surface area (Å²) in [7, 11) is 1.08. The first kappa shape index (κ1) is 15.7. The summed E-state index contributed by atoms with van der Waals surface area (Å²) in [5.41, 5.74) is -4.65. The van der Waals surface area contributed by atoms with Crippen LogP contribution in [0, 0.1) is 11.3 Å². The maximum atomic E-state index is 12.3. The molecule has 1 rings (SSSR count). The van der Waals surface area contributed by atoms with Gasteiger partial charge in [-0.25, -0.2) is 4.79 Å². The predicted molar refractivity (Wildman–Crippen MR) is 64.0 cm³/mol. The number of alkyl halides is 4. The Labute approximate surface area is 116 Å². The van der Waals surface area contributed by atoms with Crippen molar-refractivity contribution in [3.05, 3.63) is 28.8 Å². The number of hydrogen-bond acceptors (Lipinski definition) is 4. The van der Waals surface area contributed by atoms with E-state index in [1.807, 2.05) is 0 Å². The van der Waals surface area contributed by atoms with Crippen LogP contribution in [0.25, 0.3) is 0 Å². The Balaban J connectivity index is 3.39. The number of carbonyl (C=O) groups is 1. The molecule has 0 aliphatic heterocycles. The lowest BCUT2D eigenvalue weighted by Crippen LogP contribution is -2.08. The molecule has 0 N–H and O–H groups in total. The Hall–Kier alpha value is -1.39. The van der Waals surface area contributed by atoms with Crippen molar-refractivity contribution in [2.24, 2.45) is 0 Å². The number of nitriles is 1. The molecule has 0 aliphatic rings. The molecule has 0 spiro atoms. The van der Waals surface area contributed by atoms with Crippen LogP contribution in [0.4, 0.5) is 13.2 Å². The number of nitrogens with zero attached hydrogens (tertiary/aromatic N) is 1. The van der Waals surface area contributed by atoms with Crippen molar-refractivity contribution >= 4 is 29.3 Å². The third-order valence-electron chi connectivity index (χ3n) is 2.09. The summed E-state index contributed by atoms with van der Waals surface area (Å²) >= 11 is 5.20. The Morgan fingerprint density at radius 2 is 2.16 bits per heavy atom. The average molecular weight is 310 g/mol. The van der Waals surface area contributed by atoms with E-state index in [9.17, 15) is 18.0 Å². The van der Waals surface area contributed by atoms with Gasteiger partial charge in [0.1, 0.15) is 6.07 Å². The predicted octanol–water partition coefficient (Wildman–Crippen LogP) is 3.70. The molecule has 1 aromatic carbocycles. The van der Waals surface area contributed by atoms with E-state index < -0.39 is 11.5 Å². The van der Waals surface area contributed by atoms with Crippen LogP contribution in [0.15, 0.2) is 17.0 Å². The molecule has 0 fully saturated rings. The van der Waals surface area contributed by atoms with E-state index >= 15 is 0 Å². The van der Waals surface area contributed by atoms with Crippen molar-refractivity contribution in [2.45, 2.75) is 16.3 Å². The standard InChI is InChI=1S/C11H7ClF3NO2S/c1-18-10(17)8-3-7(19-11(13,14)15)2-6(4-12)9(8)5-16/h2-3H,4H2,1H3. The number of halogens is 4. The summed E-state index contributed by atoms with van der Waals surface area (Å²) in [6, 6.07) is 3.85. The van der Waals surface area contributed by atoms with Gasteiger partial charge in [0.15, 0.2) is 0 Å². The SMILES string of the molecule is COC(=O)c1cc(SC(F)(F)F)cc(CCl)c1C#N. The minimum absolute atomic E-state index is 0.0756. The van der Waals surface area contributed by atoms with Crippen LogP contribution in [0.1, 0.15) is 21.5 Å². The van der Waals surface area contributed by atoms with E-state index in [1.165, 1.54) is 0 Å². The Morgan fingerprint density at radius 3 is 2.58 bits per heavy atom. The van der Waals surface area contributed by atoms with Gasteiger partial charge in [-0.15, -0.1) is 11.6 Å². The molecule has 0 heterocycles. The van der Waals surface area contributed by atoms with Crippen LogP contribution in [0.2, 0.25) is 0 Å². The first-order valence-corrected chi connectivity index (χ1v) is 6.14. The number of ether oxygens (including phenoxy) is 1. The lowest BCUT2D eigenvalue weighted by Gasteiger charge is -2.11. The summed E-state index contributed by atoms with van der Waals surface area (Å²) in [5.74, 6) is -1.06. The molecule has 1 aromatic rings. The zero-order chi connectivity index (χ0) is 14.6. The molecule has 0 saturated carbocycles. The van der Waals surface area contributed by atoms with Gasteiger partial charge in [0.25, 0.3) is 0 Å². The van der Waals surface area contributed by atoms with Crippen LogP contribution in [0.3, 0.4) is 0 Å². The average Bonchev–Trinajstić information content (AvgIpc) is 2.34. The minimum atomic E-state index is -4.49. The smallest absolute Gasteiger partial charge is 0.446 e. The Morgan fingerprint density at radius 1 is 1.53 bits per heavy atom. The molecule has 0 unspecified atom stereocenters. The molecule has 0 aliphatic carbocycles. The fourth-order valence-corrected chi connectivity index (χ4v) is 2.23. The molecule has 0 amide bonds. The van der Waals surface area contributed by atoms with Crippen LogP contribution < -0.4 is 0 Å². The van der Waals surface area contributed by atoms with Crippen molar-refractivity contribution in [3.8, 4) is 6.07 Å². The molecule has 0 radical (unpaired) electrons. The van der Waals surface area contributed by atoms with Gasteiger partial charge in [-0.3, -0.25) is 0 Å². The number of hydrogen-bond donors (Lipinski definition) is 0. The number of benzene rings is 1. The van der Waals surface area contributed by atoms with Crippen LogP contribution in [-0.4, -0.2) is 18.6 Å². The third kappa shape index (κ3) is 4.04. The topological polar surface area (TPSA) is 50.1 Å². The summed E-state index contributed by atoms with van der Waals surface area (Å²) in [4.78, 5) is 11.3. The zero-order valence-electron chi connectivity index (χ0n) is 9.55. The van der Waals surface area contributed by atoms with Gasteiger partial charge in [0.05, 0.1) is 18.2 Å². The van der Waals surface area contributed by atoms with Crippen molar-refractivity contribution in [3.63, 3.8) is 0 Å². The molecule has 8 heteroatoms. The van der Waals surface area contributed by atoms with Crippen molar-refractivity contribution in [1.29, 1.82) is 5.26 Å². The molecular weight excluding hydrogens is 303 g/mol. The van der Waals surface area contributed by atoms with Crippen molar-refractivity contribution in [2.75, 3.05) is 7.11 Å². The van der Waals surface area contributed by atoms with Gasteiger partial charge >= 0.3 is 11.5 Å². The van der Waals surface area contributed by atoms with Gasteiger partial charge in [-0.2, -0.15) is 18.4 Å². The molecule has 0 atom stereocenters. The molecule has 0 bridgehead atoms. The normalized spacial score (nSPS) is 10.9. The number of thioether (sulfide) groups is 1. The third-order valence-corrected chi connectivity index (χ3v) is 3.08. The van der Waals surface area contributed by atoms with E-state index in [-0.39, 0.29) is 39.2 Å². The number of rotatable bonds is 3. The molecule has 0 saturated heterocycles. The molecule has 3 nitrogen and oxygen atoms in total. The molecule has 102 valence electrons. The Bertz CT molecular complexity index is 540. The van der Waals surface area contributed by atoms with Crippen molar-refractivity contribution < 1.29 is 22.7 Å². The van der Waals surface area contributed by atoms with Gasteiger partial charge < -0.3 is 4.74 Å². The lowest BCUT2D eigenvalue weighted by atomic mass is 10.0. The quantitative estimate of drug-likeness (QED) is 0.485. The second-order valence-corrected chi connectivity index (χ2v) is 4.70. The largest absolute Gasteiger partial charge is 0.465 e. The van der Waals surface area contributed by atoms with E-state index in [4.69, 9.17) is 16.9 Å². The van der Waals surface area contributed by atoms with E-state index in [0.29, 0.717) is 0 Å². The second-order valence-electron chi connectivity index (χ2n) is 3.29. The first-order chi connectivity index (χ1) is 8.82. The highest BCUT2D eigenvalue weighted by Gasteiger charge is 2.30. The molecular formula is C11H7ClF3NO2S.